The second-order valence-electron chi connectivity index (χ2n) is 2.48. The molecule has 0 fully saturated rings. The van der Waals surface area contributed by atoms with Crippen LogP contribution in [0.25, 0.3) is 11.0 Å². The number of rotatable bonds is 1. The Balaban J connectivity index is 2.79. The molecule has 4 nitrogen and oxygen atoms in total. The summed E-state index contributed by atoms with van der Waals surface area (Å²) in [6.45, 7) is 0. The van der Waals surface area contributed by atoms with Crippen molar-refractivity contribution in [3.05, 3.63) is 28.4 Å². The van der Waals surface area contributed by atoms with Crippen LogP contribution < -0.4 is 0 Å². The number of hydrogen-bond acceptors (Lipinski definition) is 3. The first kappa shape index (κ1) is 8.25. The number of fused-ring (bicyclic) bond motifs is 1. The smallest absolute Gasteiger partial charge is 0.358 e. The van der Waals surface area contributed by atoms with Crippen molar-refractivity contribution in [2.24, 2.45) is 0 Å². The number of carbonyl (C=O) groups is 1. The monoisotopic (exact) mass is 241 g/mol. The van der Waals surface area contributed by atoms with Gasteiger partial charge in [-0.25, -0.2) is 4.79 Å². The molecule has 13 heavy (non-hydrogen) atoms. The molecule has 5 heteroatoms. The lowest BCUT2D eigenvalue weighted by atomic mass is 10.2. The number of hydrogen-bond donors (Lipinski definition) is 1. The lowest BCUT2D eigenvalue weighted by Crippen LogP contribution is -1.96. The largest absolute Gasteiger partial charge is 0.476 e. The van der Waals surface area contributed by atoms with E-state index >= 15 is 0 Å². The Kier molecular flexibility index (Phi) is 1.81. The van der Waals surface area contributed by atoms with E-state index in [4.69, 9.17) is 9.63 Å². The number of aromatic nitrogens is 1. The van der Waals surface area contributed by atoms with Gasteiger partial charge in [0.1, 0.15) is 0 Å². The lowest BCUT2D eigenvalue weighted by molar-refractivity contribution is 0.0688. The number of carboxylic acids is 1. The van der Waals surface area contributed by atoms with E-state index in [9.17, 15) is 4.79 Å². The third kappa shape index (κ3) is 1.31. The highest BCUT2D eigenvalue weighted by Gasteiger charge is 2.14. The van der Waals surface area contributed by atoms with Gasteiger partial charge in [0.25, 0.3) is 0 Å². The van der Waals surface area contributed by atoms with Crippen molar-refractivity contribution in [2.45, 2.75) is 0 Å². The highest BCUT2D eigenvalue weighted by Crippen LogP contribution is 2.22. The summed E-state index contributed by atoms with van der Waals surface area (Å²) in [6, 6.07) is 5.09. The molecule has 0 amide bonds. The van der Waals surface area contributed by atoms with E-state index in [1.807, 2.05) is 0 Å². The molecule has 1 aromatic heterocycles. The van der Waals surface area contributed by atoms with Crippen molar-refractivity contribution in [3.8, 4) is 0 Å². The molecule has 0 aliphatic carbocycles. The van der Waals surface area contributed by atoms with Crippen LogP contribution in [0.4, 0.5) is 0 Å². The molecule has 2 rings (SSSR count). The zero-order valence-corrected chi connectivity index (χ0v) is 7.91. The van der Waals surface area contributed by atoms with Gasteiger partial charge in [0, 0.05) is 4.47 Å². The fraction of sp³-hybridized carbons (Fsp3) is 0. The zero-order valence-electron chi connectivity index (χ0n) is 6.32. The van der Waals surface area contributed by atoms with Crippen molar-refractivity contribution >= 4 is 32.9 Å². The summed E-state index contributed by atoms with van der Waals surface area (Å²) in [5, 5.41) is 12.7. The summed E-state index contributed by atoms with van der Waals surface area (Å²) in [5.74, 6) is -1.09. The molecule has 0 aliphatic rings. The molecule has 0 saturated carbocycles. The molecule has 1 N–H and O–H groups in total. The molecule has 2 aromatic rings. The lowest BCUT2D eigenvalue weighted by Gasteiger charge is -1.89. The van der Waals surface area contributed by atoms with Crippen LogP contribution in [0.1, 0.15) is 10.5 Å². The third-order valence-corrected chi connectivity index (χ3v) is 2.13. The van der Waals surface area contributed by atoms with Crippen molar-refractivity contribution in [3.63, 3.8) is 0 Å². The van der Waals surface area contributed by atoms with E-state index in [1.54, 1.807) is 18.2 Å². The number of nitrogens with zero attached hydrogens (tertiary/aromatic N) is 1. The Bertz CT molecular complexity index is 477. The number of carboxylic acid groups (broad SMARTS) is 1. The normalized spacial score (nSPS) is 10.5. The van der Waals surface area contributed by atoms with Gasteiger partial charge in [0.05, 0.1) is 5.39 Å². The van der Waals surface area contributed by atoms with Crippen molar-refractivity contribution in [2.75, 3.05) is 0 Å². The fourth-order valence-corrected chi connectivity index (χ4v) is 1.43. The van der Waals surface area contributed by atoms with Gasteiger partial charge in [0.15, 0.2) is 11.3 Å². The van der Waals surface area contributed by atoms with E-state index in [-0.39, 0.29) is 5.69 Å². The van der Waals surface area contributed by atoms with E-state index < -0.39 is 5.97 Å². The predicted molar refractivity (Wildman–Crippen MR) is 48.7 cm³/mol. The molecule has 0 radical (unpaired) electrons. The van der Waals surface area contributed by atoms with Gasteiger partial charge in [-0.05, 0) is 18.2 Å². The Morgan fingerprint density at radius 1 is 1.54 bits per heavy atom. The number of benzene rings is 1. The topological polar surface area (TPSA) is 63.3 Å². The van der Waals surface area contributed by atoms with Gasteiger partial charge in [-0.1, -0.05) is 21.1 Å². The Morgan fingerprint density at radius 2 is 2.31 bits per heavy atom. The van der Waals surface area contributed by atoms with Crippen LogP contribution in [0.5, 0.6) is 0 Å². The average molecular weight is 242 g/mol. The maximum atomic E-state index is 10.6. The summed E-state index contributed by atoms with van der Waals surface area (Å²) in [6.07, 6.45) is 0. The molecule has 0 bridgehead atoms. The quantitative estimate of drug-likeness (QED) is 0.833. The van der Waals surface area contributed by atoms with E-state index in [2.05, 4.69) is 21.1 Å². The van der Waals surface area contributed by atoms with Gasteiger partial charge < -0.3 is 9.63 Å². The van der Waals surface area contributed by atoms with Gasteiger partial charge >= 0.3 is 5.97 Å². The SMILES string of the molecule is O=C(O)c1noc2ccc(Br)cc12. The second kappa shape index (κ2) is 2.85. The van der Waals surface area contributed by atoms with Crippen molar-refractivity contribution in [1.82, 2.24) is 5.16 Å². The molecule has 1 aromatic carbocycles. The zero-order chi connectivity index (χ0) is 9.42. The molecule has 0 aliphatic heterocycles. The molecule has 0 spiro atoms. The minimum atomic E-state index is -1.09. The average Bonchev–Trinajstić information content (AvgIpc) is 2.46. The van der Waals surface area contributed by atoms with Crippen molar-refractivity contribution in [1.29, 1.82) is 0 Å². The minimum absolute atomic E-state index is 0.0590. The van der Waals surface area contributed by atoms with Crippen LogP contribution in [0.3, 0.4) is 0 Å². The Labute approximate surface area is 81.3 Å². The summed E-state index contributed by atoms with van der Waals surface area (Å²) in [5.41, 5.74) is 0.414. The third-order valence-electron chi connectivity index (χ3n) is 1.63. The summed E-state index contributed by atoms with van der Waals surface area (Å²) in [7, 11) is 0. The van der Waals surface area contributed by atoms with Gasteiger partial charge in [0.2, 0.25) is 0 Å². The Morgan fingerprint density at radius 3 is 3.00 bits per heavy atom. The molecule has 0 unspecified atom stereocenters. The van der Waals surface area contributed by atoms with E-state index in [0.29, 0.717) is 11.0 Å². The minimum Gasteiger partial charge on any atom is -0.476 e. The first-order valence-corrected chi connectivity index (χ1v) is 4.26. The maximum Gasteiger partial charge on any atom is 0.358 e. The van der Waals surface area contributed by atoms with Crippen molar-refractivity contribution < 1.29 is 14.4 Å². The molecular weight excluding hydrogens is 238 g/mol. The van der Waals surface area contributed by atoms with E-state index in [0.717, 1.165) is 4.47 Å². The molecular formula is C8H4BrNO3. The highest BCUT2D eigenvalue weighted by atomic mass is 79.9. The number of halogens is 1. The maximum absolute atomic E-state index is 10.6. The molecule has 0 saturated heterocycles. The van der Waals surface area contributed by atoms with Gasteiger partial charge in [-0.15, -0.1) is 0 Å². The van der Waals surface area contributed by atoms with Crippen LogP contribution in [-0.4, -0.2) is 16.2 Å². The summed E-state index contributed by atoms with van der Waals surface area (Å²) < 4.78 is 5.61. The van der Waals surface area contributed by atoms with Crippen LogP contribution in [0.15, 0.2) is 27.2 Å². The first-order valence-electron chi connectivity index (χ1n) is 3.47. The highest BCUT2D eigenvalue weighted by molar-refractivity contribution is 9.10. The molecule has 0 atom stereocenters. The number of aromatic carboxylic acids is 1. The predicted octanol–water partition coefficient (Wildman–Crippen LogP) is 2.29. The van der Waals surface area contributed by atoms with Crippen LogP contribution >= 0.6 is 15.9 Å². The second-order valence-corrected chi connectivity index (χ2v) is 3.39. The van der Waals surface area contributed by atoms with Crippen LogP contribution in [0.2, 0.25) is 0 Å². The standard InChI is InChI=1S/C8H4BrNO3/c9-4-1-2-6-5(3-4)7(8(11)12)10-13-6/h1-3H,(H,11,12). The van der Waals surface area contributed by atoms with Crippen LogP contribution in [-0.2, 0) is 0 Å². The van der Waals surface area contributed by atoms with Gasteiger partial charge in [-0.2, -0.15) is 0 Å². The first-order chi connectivity index (χ1) is 6.18. The fourth-order valence-electron chi connectivity index (χ4n) is 1.07. The van der Waals surface area contributed by atoms with E-state index in [1.165, 1.54) is 0 Å². The van der Waals surface area contributed by atoms with Crippen LogP contribution in [0, 0.1) is 0 Å². The summed E-state index contributed by atoms with van der Waals surface area (Å²) in [4.78, 5) is 10.6. The van der Waals surface area contributed by atoms with Gasteiger partial charge in [-0.3, -0.25) is 0 Å². The molecule has 66 valence electrons. The Hall–Kier alpha value is -1.36. The molecule has 1 heterocycles. The summed E-state index contributed by atoms with van der Waals surface area (Å²) >= 11 is 3.24.